The van der Waals surface area contributed by atoms with Crippen molar-refractivity contribution >= 4 is 40.7 Å². The van der Waals surface area contributed by atoms with Crippen molar-refractivity contribution in [1.82, 2.24) is 5.32 Å². The molecule has 0 bridgehead atoms. The van der Waals surface area contributed by atoms with Crippen LogP contribution in [0, 0.1) is 11.8 Å². The molecule has 0 aliphatic carbocycles. The summed E-state index contributed by atoms with van der Waals surface area (Å²) in [7, 11) is 1.42. The van der Waals surface area contributed by atoms with Crippen molar-refractivity contribution in [2.45, 2.75) is 45.3 Å². The molecule has 10 heteroatoms. The normalized spacial score (nSPS) is 13.3. The number of ketones is 2. The highest BCUT2D eigenvalue weighted by molar-refractivity contribution is 6.34. The highest BCUT2D eigenvalue weighted by atomic mass is 35.5. The quantitative estimate of drug-likeness (QED) is 0.377. The Kier molecular flexibility index (Phi) is 10.2. The molecule has 1 amide bonds. The molecule has 0 fully saturated rings. The number of Topliss-reactive ketones (excluding diaryl/α,β-unsaturated/α-hetero) is 2. The van der Waals surface area contributed by atoms with Gasteiger partial charge in [0, 0.05) is 28.8 Å². The molecule has 0 unspecified atom stereocenters. The fourth-order valence-electron chi connectivity index (χ4n) is 3.59. The number of carbonyl (C=O) groups excluding carboxylic acids is 3. The first-order valence-electron chi connectivity index (χ1n) is 10.8. The summed E-state index contributed by atoms with van der Waals surface area (Å²) < 4.78 is 44.5. The molecule has 0 saturated heterocycles. The Bertz CT molecular complexity index is 1050. The third-order valence-corrected chi connectivity index (χ3v) is 5.90. The van der Waals surface area contributed by atoms with Crippen LogP contribution in [0.5, 0.6) is 5.75 Å². The van der Waals surface area contributed by atoms with Crippen molar-refractivity contribution in [2.24, 2.45) is 11.8 Å². The van der Waals surface area contributed by atoms with Gasteiger partial charge in [-0.25, -0.2) is 0 Å². The highest BCUT2D eigenvalue weighted by Gasteiger charge is 2.45. The summed E-state index contributed by atoms with van der Waals surface area (Å²) in [6.45, 7) is 2.88. The molecule has 5 nitrogen and oxygen atoms in total. The minimum atomic E-state index is -5.07. The van der Waals surface area contributed by atoms with Crippen LogP contribution in [0.4, 0.5) is 13.2 Å². The maximum Gasteiger partial charge on any atom is 0.450 e. The van der Waals surface area contributed by atoms with Gasteiger partial charge in [-0.05, 0) is 53.8 Å². The Morgan fingerprint density at radius 1 is 1.03 bits per heavy atom. The maximum absolute atomic E-state index is 13.2. The third-order valence-electron chi connectivity index (χ3n) is 5.46. The average molecular weight is 532 g/mol. The number of carbonyl (C=O) groups is 3. The molecule has 35 heavy (non-hydrogen) atoms. The Morgan fingerprint density at radius 3 is 2.20 bits per heavy atom. The lowest BCUT2D eigenvalue weighted by Crippen LogP contribution is -2.39. The lowest BCUT2D eigenvalue weighted by atomic mass is 9.84. The molecule has 0 aromatic heterocycles. The summed E-state index contributed by atoms with van der Waals surface area (Å²) in [5.41, 5.74) is 1.04. The predicted octanol–water partition coefficient (Wildman–Crippen LogP) is 6.15. The number of hydrogen-bond acceptors (Lipinski definition) is 4. The zero-order valence-corrected chi connectivity index (χ0v) is 20.9. The Labute approximate surface area is 211 Å². The minimum absolute atomic E-state index is 0.0283. The Morgan fingerprint density at radius 2 is 1.66 bits per heavy atom. The fourth-order valence-corrected chi connectivity index (χ4v) is 4.16. The highest BCUT2D eigenvalue weighted by Crippen LogP contribution is 2.30. The van der Waals surface area contributed by atoms with E-state index < -0.39 is 47.9 Å². The number of ether oxygens (including phenoxy) is 1. The lowest BCUT2D eigenvalue weighted by Gasteiger charge is -2.24. The van der Waals surface area contributed by atoms with E-state index in [9.17, 15) is 27.6 Å². The number of hydrogen-bond donors (Lipinski definition) is 1. The third kappa shape index (κ3) is 8.54. The van der Waals surface area contributed by atoms with Gasteiger partial charge in [0.25, 0.3) is 0 Å². The summed E-state index contributed by atoms with van der Waals surface area (Å²) in [6.07, 6.45) is -5.50. The molecule has 1 N–H and O–H groups in total. The number of nitrogens with one attached hydrogen (secondary N) is 1. The predicted molar refractivity (Wildman–Crippen MR) is 128 cm³/mol. The molecule has 2 atom stereocenters. The van der Waals surface area contributed by atoms with Gasteiger partial charge in [-0.15, -0.1) is 0 Å². The van der Waals surface area contributed by atoms with Crippen LogP contribution in [-0.4, -0.2) is 30.8 Å². The van der Waals surface area contributed by atoms with Gasteiger partial charge in [-0.1, -0.05) is 49.2 Å². The molecule has 0 aliphatic heterocycles. The molecule has 0 aliphatic rings. The van der Waals surface area contributed by atoms with Crippen molar-refractivity contribution in [3.05, 3.63) is 63.6 Å². The second-order valence-corrected chi connectivity index (χ2v) is 9.31. The Balaban J connectivity index is 2.26. The van der Waals surface area contributed by atoms with Crippen molar-refractivity contribution in [3.8, 4) is 5.75 Å². The van der Waals surface area contributed by atoms with Crippen LogP contribution in [0.1, 0.15) is 43.9 Å². The standard InChI is InChI=1S/C25H26Cl2F3NO4/c1-14(2)20(24(34)25(28,29)30)13-21(32)23(16-5-4-6-19(11-16)35-3)31-22(33)8-7-15-9-17(26)12-18(27)10-15/h4-6,9-12,14,20,23H,7-8,13H2,1-3H3,(H,31,33)/t20-,23+/m0/s1. The summed E-state index contributed by atoms with van der Waals surface area (Å²) in [5, 5.41) is 3.42. The first kappa shape index (κ1) is 28.7. The smallest absolute Gasteiger partial charge is 0.450 e. The van der Waals surface area contributed by atoms with Gasteiger partial charge < -0.3 is 10.1 Å². The summed E-state index contributed by atoms with van der Waals surface area (Å²) in [6, 6.07) is 9.88. The summed E-state index contributed by atoms with van der Waals surface area (Å²) in [5.74, 6) is -5.09. The molecule has 2 rings (SSSR count). The van der Waals surface area contributed by atoms with Crippen molar-refractivity contribution < 1.29 is 32.3 Å². The van der Waals surface area contributed by atoms with Crippen LogP contribution in [-0.2, 0) is 20.8 Å². The van der Waals surface area contributed by atoms with Gasteiger partial charge in [0.1, 0.15) is 11.8 Å². The number of methoxy groups -OCH3 is 1. The number of benzene rings is 2. The van der Waals surface area contributed by atoms with E-state index in [2.05, 4.69) is 5.32 Å². The second-order valence-electron chi connectivity index (χ2n) is 8.44. The number of rotatable bonds is 11. The van der Waals surface area contributed by atoms with Crippen molar-refractivity contribution in [1.29, 1.82) is 0 Å². The van der Waals surface area contributed by atoms with Crippen molar-refractivity contribution in [3.63, 3.8) is 0 Å². The van der Waals surface area contributed by atoms with Crippen LogP contribution < -0.4 is 10.1 Å². The van der Waals surface area contributed by atoms with E-state index in [0.717, 1.165) is 0 Å². The van der Waals surface area contributed by atoms with Gasteiger partial charge >= 0.3 is 6.18 Å². The van der Waals surface area contributed by atoms with Gasteiger partial charge in [0.2, 0.25) is 11.7 Å². The summed E-state index contributed by atoms with van der Waals surface area (Å²) in [4.78, 5) is 37.8. The number of alkyl halides is 3. The molecular formula is C25H26Cl2F3NO4. The first-order chi connectivity index (χ1) is 16.3. The zero-order valence-electron chi connectivity index (χ0n) is 19.4. The van der Waals surface area contributed by atoms with E-state index in [4.69, 9.17) is 27.9 Å². The number of aryl methyl sites for hydroxylation is 1. The van der Waals surface area contributed by atoms with E-state index in [0.29, 0.717) is 26.9 Å². The first-order valence-corrected chi connectivity index (χ1v) is 11.6. The van der Waals surface area contributed by atoms with E-state index >= 15 is 0 Å². The molecule has 2 aromatic carbocycles. The molecular weight excluding hydrogens is 506 g/mol. The molecule has 0 radical (unpaired) electrons. The monoisotopic (exact) mass is 531 g/mol. The van der Waals surface area contributed by atoms with Crippen LogP contribution in [0.3, 0.4) is 0 Å². The molecule has 0 spiro atoms. The van der Waals surface area contributed by atoms with E-state index in [1.807, 2.05) is 0 Å². The fraction of sp³-hybridized carbons (Fsp3) is 0.400. The SMILES string of the molecule is COc1cccc([C@@H](NC(=O)CCc2cc(Cl)cc(Cl)c2)C(=O)C[C@H](C(=O)C(F)(F)F)C(C)C)c1. The van der Waals surface area contributed by atoms with Gasteiger partial charge in [0.05, 0.1) is 7.11 Å². The molecule has 190 valence electrons. The lowest BCUT2D eigenvalue weighted by molar-refractivity contribution is -0.177. The molecule has 0 heterocycles. The largest absolute Gasteiger partial charge is 0.497 e. The van der Waals surface area contributed by atoms with Crippen LogP contribution in [0.15, 0.2) is 42.5 Å². The second kappa shape index (κ2) is 12.4. The zero-order chi connectivity index (χ0) is 26.3. The average Bonchev–Trinajstić information content (AvgIpc) is 2.77. The minimum Gasteiger partial charge on any atom is -0.497 e. The number of amides is 1. The van der Waals surface area contributed by atoms with Crippen molar-refractivity contribution in [2.75, 3.05) is 7.11 Å². The summed E-state index contributed by atoms with van der Waals surface area (Å²) >= 11 is 12.0. The van der Waals surface area contributed by atoms with Gasteiger partial charge in [0.15, 0.2) is 5.78 Å². The molecule has 0 saturated carbocycles. The van der Waals surface area contributed by atoms with E-state index in [1.54, 1.807) is 36.4 Å². The van der Waals surface area contributed by atoms with Crippen LogP contribution in [0.2, 0.25) is 10.0 Å². The van der Waals surface area contributed by atoms with Gasteiger partial charge in [-0.3, -0.25) is 14.4 Å². The van der Waals surface area contributed by atoms with E-state index in [1.165, 1.54) is 27.0 Å². The van der Waals surface area contributed by atoms with Crippen LogP contribution >= 0.6 is 23.2 Å². The van der Waals surface area contributed by atoms with Gasteiger partial charge in [-0.2, -0.15) is 13.2 Å². The molecule has 2 aromatic rings. The van der Waals surface area contributed by atoms with Crippen LogP contribution in [0.25, 0.3) is 0 Å². The Hall–Kier alpha value is -2.58. The van der Waals surface area contributed by atoms with E-state index in [-0.39, 0.29) is 12.8 Å². The maximum atomic E-state index is 13.2. The number of halogens is 5. The topological polar surface area (TPSA) is 72.5 Å².